The minimum Gasteiger partial charge on any atom is -0.485 e. The number of rotatable bonds is 3. The Bertz CT molecular complexity index is 960. The van der Waals surface area contributed by atoms with E-state index in [-0.39, 0.29) is 12.0 Å². The van der Waals surface area contributed by atoms with E-state index in [0.29, 0.717) is 17.7 Å². The standard InChI is InChI=1S/C21H18N2O3/c1-14-16(11-12-25-14)21(24)23-22-18-13-20(15-7-3-2-4-8-15)26-19-10-6-5-9-17(18)19/h2-12,20H,13H2,1H3,(H,23,24)/b22-18-/t20-/m1/s1. The van der Waals surface area contributed by atoms with Gasteiger partial charge in [0, 0.05) is 12.0 Å². The second-order valence-electron chi connectivity index (χ2n) is 6.11. The zero-order valence-electron chi connectivity index (χ0n) is 14.3. The van der Waals surface area contributed by atoms with E-state index >= 15 is 0 Å². The lowest BCUT2D eigenvalue weighted by molar-refractivity contribution is 0.0952. The molecular formula is C21H18N2O3. The molecule has 1 aliphatic heterocycles. The summed E-state index contributed by atoms with van der Waals surface area (Å²) < 4.78 is 11.3. The van der Waals surface area contributed by atoms with Gasteiger partial charge in [-0.25, -0.2) is 5.43 Å². The van der Waals surface area contributed by atoms with Gasteiger partial charge in [-0.1, -0.05) is 42.5 Å². The molecule has 0 radical (unpaired) electrons. The smallest absolute Gasteiger partial charge is 0.274 e. The number of nitrogens with one attached hydrogen (secondary N) is 1. The Labute approximate surface area is 151 Å². The van der Waals surface area contributed by atoms with Crippen LogP contribution >= 0.6 is 0 Å². The van der Waals surface area contributed by atoms with Crippen molar-refractivity contribution in [1.82, 2.24) is 5.43 Å². The quantitative estimate of drug-likeness (QED) is 0.721. The Kier molecular flexibility index (Phi) is 4.27. The maximum atomic E-state index is 12.3. The van der Waals surface area contributed by atoms with Gasteiger partial charge in [0.2, 0.25) is 0 Å². The van der Waals surface area contributed by atoms with Crippen molar-refractivity contribution in [2.24, 2.45) is 5.10 Å². The first-order chi connectivity index (χ1) is 12.7. The lowest BCUT2D eigenvalue weighted by atomic mass is 9.96. The Morgan fingerprint density at radius 3 is 2.62 bits per heavy atom. The molecule has 26 heavy (non-hydrogen) atoms. The van der Waals surface area contributed by atoms with E-state index in [0.717, 1.165) is 22.6 Å². The number of fused-ring (bicyclic) bond motifs is 1. The second kappa shape index (κ2) is 6.88. The van der Waals surface area contributed by atoms with Crippen molar-refractivity contribution in [2.45, 2.75) is 19.4 Å². The van der Waals surface area contributed by atoms with Gasteiger partial charge < -0.3 is 9.15 Å². The monoisotopic (exact) mass is 346 g/mol. The van der Waals surface area contributed by atoms with Gasteiger partial charge in [-0.05, 0) is 30.7 Å². The predicted molar refractivity (Wildman–Crippen MR) is 98.3 cm³/mol. The summed E-state index contributed by atoms with van der Waals surface area (Å²) in [5, 5.41) is 4.39. The third-order valence-electron chi connectivity index (χ3n) is 4.41. The van der Waals surface area contributed by atoms with Crippen molar-refractivity contribution in [1.29, 1.82) is 0 Å². The van der Waals surface area contributed by atoms with Crippen molar-refractivity contribution in [3.05, 3.63) is 89.4 Å². The molecule has 0 saturated carbocycles. The number of benzene rings is 2. The minimum absolute atomic E-state index is 0.141. The fraction of sp³-hybridized carbons (Fsp3) is 0.143. The summed E-state index contributed by atoms with van der Waals surface area (Å²) in [6, 6.07) is 19.4. The molecule has 5 heteroatoms. The van der Waals surface area contributed by atoms with Crippen molar-refractivity contribution < 1.29 is 13.9 Å². The summed E-state index contributed by atoms with van der Waals surface area (Å²) in [5.41, 5.74) is 5.88. The maximum absolute atomic E-state index is 12.3. The summed E-state index contributed by atoms with van der Waals surface area (Å²) in [6.07, 6.45) is 1.93. The lowest BCUT2D eigenvalue weighted by Crippen LogP contribution is -2.25. The molecule has 130 valence electrons. The first kappa shape index (κ1) is 16.1. The van der Waals surface area contributed by atoms with Gasteiger partial charge in [-0.3, -0.25) is 4.79 Å². The molecule has 1 amide bonds. The number of para-hydroxylation sites is 1. The van der Waals surface area contributed by atoms with Crippen LogP contribution in [0.1, 0.15) is 39.8 Å². The molecular weight excluding hydrogens is 328 g/mol. The number of hydrazone groups is 1. The van der Waals surface area contributed by atoms with Gasteiger partial charge in [0.25, 0.3) is 5.91 Å². The van der Waals surface area contributed by atoms with Crippen LogP contribution in [-0.2, 0) is 0 Å². The summed E-state index contributed by atoms with van der Waals surface area (Å²) in [4.78, 5) is 12.3. The van der Waals surface area contributed by atoms with Crippen molar-refractivity contribution >= 4 is 11.6 Å². The summed E-state index contributed by atoms with van der Waals surface area (Å²) in [6.45, 7) is 1.75. The number of ether oxygens (including phenoxy) is 1. The van der Waals surface area contributed by atoms with E-state index < -0.39 is 0 Å². The van der Waals surface area contributed by atoms with Crippen LogP contribution < -0.4 is 10.2 Å². The van der Waals surface area contributed by atoms with Crippen molar-refractivity contribution in [3.8, 4) is 5.75 Å². The molecule has 1 atom stereocenters. The van der Waals surface area contributed by atoms with Crippen LogP contribution in [0, 0.1) is 6.92 Å². The highest BCUT2D eigenvalue weighted by Gasteiger charge is 2.26. The second-order valence-corrected chi connectivity index (χ2v) is 6.11. The SMILES string of the molecule is Cc1occc1C(=O)N/N=C1/C[C@H](c2ccccc2)Oc2ccccc21. The normalized spacial score (nSPS) is 17.4. The molecule has 0 spiro atoms. The van der Waals surface area contributed by atoms with Gasteiger partial charge >= 0.3 is 0 Å². The van der Waals surface area contributed by atoms with Crippen LogP contribution in [0.4, 0.5) is 0 Å². The molecule has 1 aliphatic rings. The van der Waals surface area contributed by atoms with E-state index in [1.807, 2.05) is 54.6 Å². The first-order valence-electron chi connectivity index (χ1n) is 8.44. The molecule has 0 bridgehead atoms. The lowest BCUT2D eigenvalue weighted by Gasteiger charge is -2.27. The van der Waals surface area contributed by atoms with Gasteiger partial charge in [0.05, 0.1) is 17.5 Å². The molecule has 2 heterocycles. The van der Waals surface area contributed by atoms with E-state index in [1.165, 1.54) is 6.26 Å². The highest BCUT2D eigenvalue weighted by molar-refractivity contribution is 6.05. The molecule has 2 aromatic carbocycles. The number of hydrogen-bond acceptors (Lipinski definition) is 4. The molecule has 5 nitrogen and oxygen atoms in total. The fourth-order valence-corrected chi connectivity index (χ4v) is 3.05. The number of carbonyl (C=O) groups is 1. The fourth-order valence-electron chi connectivity index (χ4n) is 3.05. The van der Waals surface area contributed by atoms with E-state index in [1.54, 1.807) is 13.0 Å². The largest absolute Gasteiger partial charge is 0.485 e. The average molecular weight is 346 g/mol. The highest BCUT2D eigenvalue weighted by Crippen LogP contribution is 2.34. The highest BCUT2D eigenvalue weighted by atomic mass is 16.5. The summed E-state index contributed by atoms with van der Waals surface area (Å²) in [7, 11) is 0. The molecule has 1 aromatic heterocycles. The third kappa shape index (κ3) is 3.11. The van der Waals surface area contributed by atoms with Gasteiger partial charge in [0.1, 0.15) is 17.6 Å². The summed E-state index contributed by atoms with van der Waals surface area (Å²) >= 11 is 0. The molecule has 3 aromatic rings. The molecule has 0 aliphatic carbocycles. The van der Waals surface area contributed by atoms with Crippen LogP contribution in [0.5, 0.6) is 5.75 Å². The van der Waals surface area contributed by atoms with Crippen LogP contribution in [0.15, 0.2) is 76.4 Å². The number of aryl methyl sites for hydroxylation is 1. The number of amides is 1. The van der Waals surface area contributed by atoms with Crippen LogP contribution in [0.2, 0.25) is 0 Å². The van der Waals surface area contributed by atoms with Gasteiger partial charge in [-0.15, -0.1) is 0 Å². The topological polar surface area (TPSA) is 63.8 Å². The predicted octanol–water partition coefficient (Wildman–Crippen LogP) is 4.25. The maximum Gasteiger partial charge on any atom is 0.274 e. The van der Waals surface area contributed by atoms with Crippen LogP contribution in [-0.4, -0.2) is 11.6 Å². The molecule has 0 fully saturated rings. The first-order valence-corrected chi connectivity index (χ1v) is 8.44. The Balaban J connectivity index is 1.63. The molecule has 0 saturated heterocycles. The Morgan fingerprint density at radius 1 is 1.08 bits per heavy atom. The average Bonchev–Trinajstić information content (AvgIpc) is 3.12. The van der Waals surface area contributed by atoms with E-state index in [2.05, 4.69) is 10.5 Å². The van der Waals surface area contributed by atoms with E-state index in [4.69, 9.17) is 9.15 Å². The van der Waals surface area contributed by atoms with Crippen LogP contribution in [0.3, 0.4) is 0 Å². The van der Waals surface area contributed by atoms with Gasteiger partial charge in [0.15, 0.2) is 0 Å². The number of carbonyl (C=O) groups excluding carboxylic acids is 1. The Morgan fingerprint density at radius 2 is 1.85 bits per heavy atom. The van der Waals surface area contributed by atoms with Crippen molar-refractivity contribution in [3.63, 3.8) is 0 Å². The van der Waals surface area contributed by atoms with Crippen molar-refractivity contribution in [2.75, 3.05) is 0 Å². The number of hydrogen-bond donors (Lipinski definition) is 1. The van der Waals surface area contributed by atoms with Crippen LogP contribution in [0.25, 0.3) is 0 Å². The van der Waals surface area contributed by atoms with Gasteiger partial charge in [-0.2, -0.15) is 5.10 Å². The number of nitrogens with zero attached hydrogens (tertiary/aromatic N) is 1. The molecule has 4 rings (SSSR count). The Hall–Kier alpha value is -3.34. The minimum atomic E-state index is -0.288. The third-order valence-corrected chi connectivity index (χ3v) is 4.41. The van der Waals surface area contributed by atoms with E-state index in [9.17, 15) is 4.79 Å². The molecule has 0 unspecified atom stereocenters. The zero-order chi connectivity index (χ0) is 17.9. The summed E-state index contributed by atoms with van der Waals surface area (Å²) in [5.74, 6) is 1.04. The molecule has 1 N–H and O–H groups in total. The number of furan rings is 1. The zero-order valence-corrected chi connectivity index (χ0v) is 14.3.